The van der Waals surface area contributed by atoms with Crippen molar-refractivity contribution in [3.05, 3.63) is 95.0 Å². The summed E-state index contributed by atoms with van der Waals surface area (Å²) in [6, 6.07) is 21.9. The summed E-state index contributed by atoms with van der Waals surface area (Å²) >= 11 is 5.94. The van der Waals surface area contributed by atoms with Gasteiger partial charge in [0.25, 0.3) is 0 Å². The maximum Gasteiger partial charge on any atom is 0.336 e. The zero-order chi connectivity index (χ0) is 26.7. The van der Waals surface area contributed by atoms with E-state index in [0.717, 1.165) is 28.2 Å². The Labute approximate surface area is 225 Å². The van der Waals surface area contributed by atoms with Crippen molar-refractivity contribution >= 4 is 27.0 Å². The van der Waals surface area contributed by atoms with Gasteiger partial charge in [-0.2, -0.15) is 0 Å². The van der Waals surface area contributed by atoms with E-state index in [-0.39, 0.29) is 19.1 Å². The maximum atomic E-state index is 13.6. The maximum absolute atomic E-state index is 13.6. The quantitative estimate of drug-likeness (QED) is 0.289. The number of rotatable bonds is 8. The number of hydrogen-bond acceptors (Lipinski definition) is 8. The van der Waals surface area contributed by atoms with Gasteiger partial charge in [0, 0.05) is 16.5 Å². The summed E-state index contributed by atoms with van der Waals surface area (Å²) in [5.74, 6) is 1.09. The number of aromatic nitrogens is 2. The molecule has 0 spiro atoms. The van der Waals surface area contributed by atoms with Crippen molar-refractivity contribution in [2.45, 2.75) is 10.5 Å². The van der Waals surface area contributed by atoms with Gasteiger partial charge in [-0.05, 0) is 65.2 Å². The summed E-state index contributed by atoms with van der Waals surface area (Å²) < 4.78 is 49.1. The summed E-state index contributed by atoms with van der Waals surface area (Å²) in [4.78, 5) is 0. The molecule has 5 rings (SSSR count). The molecule has 0 amide bonds. The lowest BCUT2D eigenvalue weighted by molar-refractivity contribution is 0.191. The third-order valence-electron chi connectivity index (χ3n) is 6.39. The first kappa shape index (κ1) is 26.0. The molecule has 8 nitrogen and oxygen atoms in total. The molecule has 0 saturated carbocycles. The predicted molar refractivity (Wildman–Crippen MR) is 143 cm³/mol. The summed E-state index contributed by atoms with van der Waals surface area (Å²) in [5, 5.41) is 7.02. The molecule has 4 aromatic rings. The average Bonchev–Trinajstić information content (AvgIpc) is 3.64. The van der Waals surface area contributed by atoms with Crippen molar-refractivity contribution in [2.75, 3.05) is 27.4 Å². The molecule has 0 unspecified atom stereocenters. The molecular formula is C28H25ClN2O6S. The van der Waals surface area contributed by atoms with Crippen molar-refractivity contribution in [3.8, 4) is 23.0 Å². The highest BCUT2D eigenvalue weighted by Gasteiger charge is 2.42. The molecule has 2 heterocycles. The van der Waals surface area contributed by atoms with Gasteiger partial charge in [0.05, 0.1) is 27.4 Å². The van der Waals surface area contributed by atoms with Crippen molar-refractivity contribution in [1.29, 1.82) is 0 Å². The lowest BCUT2D eigenvalue weighted by Crippen LogP contribution is -2.28. The third kappa shape index (κ3) is 5.31. The number of methoxy groups -OCH3 is 2. The Morgan fingerprint density at radius 2 is 1.45 bits per heavy atom. The lowest BCUT2D eigenvalue weighted by Gasteiger charge is -2.16. The fraction of sp³-hybridized carbons (Fsp3) is 0.214. The van der Waals surface area contributed by atoms with E-state index in [0.29, 0.717) is 10.6 Å². The summed E-state index contributed by atoms with van der Waals surface area (Å²) in [6.45, 7) is 0.249. The van der Waals surface area contributed by atoms with E-state index in [4.69, 9.17) is 30.2 Å². The molecular weight excluding hydrogens is 528 g/mol. The number of hydrogen-bond donors (Lipinski definition) is 0. The van der Waals surface area contributed by atoms with Crippen LogP contribution in [0.4, 0.5) is 0 Å². The van der Waals surface area contributed by atoms with Gasteiger partial charge in [0.1, 0.15) is 16.7 Å². The van der Waals surface area contributed by atoms with E-state index in [9.17, 15) is 8.42 Å². The zero-order valence-corrected chi connectivity index (χ0v) is 22.3. The molecule has 10 heteroatoms. The van der Waals surface area contributed by atoms with Crippen LogP contribution < -0.4 is 9.47 Å². The van der Waals surface area contributed by atoms with Gasteiger partial charge in [0.2, 0.25) is 15.7 Å². The number of sulfone groups is 1. The Morgan fingerprint density at radius 1 is 0.868 bits per heavy atom. The Morgan fingerprint density at radius 3 is 2.00 bits per heavy atom. The fourth-order valence-electron chi connectivity index (χ4n) is 4.30. The van der Waals surface area contributed by atoms with E-state index in [1.165, 1.54) is 0 Å². The molecule has 38 heavy (non-hydrogen) atoms. The monoisotopic (exact) mass is 552 g/mol. The second-order valence-corrected chi connectivity index (χ2v) is 11.2. The van der Waals surface area contributed by atoms with Crippen LogP contribution in [0.3, 0.4) is 0 Å². The van der Waals surface area contributed by atoms with Gasteiger partial charge in [-0.1, -0.05) is 47.0 Å². The molecule has 2 atom stereocenters. The van der Waals surface area contributed by atoms with Crippen molar-refractivity contribution < 1.29 is 27.0 Å². The summed E-state index contributed by atoms with van der Waals surface area (Å²) in [5.41, 5.74) is 3.24. The Balaban J connectivity index is 1.50. The number of ether oxygens (including phenoxy) is 3. The molecule has 1 aliphatic heterocycles. The van der Waals surface area contributed by atoms with Crippen LogP contribution in [-0.4, -0.2) is 51.3 Å². The number of benzene rings is 3. The lowest BCUT2D eigenvalue weighted by atomic mass is 9.93. The van der Waals surface area contributed by atoms with Crippen LogP contribution in [0.25, 0.3) is 17.0 Å². The Hall–Kier alpha value is -3.66. The van der Waals surface area contributed by atoms with Crippen LogP contribution in [0, 0.1) is 5.92 Å². The highest BCUT2D eigenvalue weighted by Crippen LogP contribution is 2.34. The molecule has 0 N–H and O–H groups in total. The minimum Gasteiger partial charge on any atom is -0.497 e. The van der Waals surface area contributed by atoms with E-state index in [2.05, 4.69) is 10.2 Å². The van der Waals surface area contributed by atoms with Crippen LogP contribution in [-0.2, 0) is 14.6 Å². The van der Waals surface area contributed by atoms with Crippen LogP contribution in [0.5, 0.6) is 11.5 Å². The second-order valence-electron chi connectivity index (χ2n) is 8.70. The van der Waals surface area contributed by atoms with Crippen LogP contribution in [0.1, 0.15) is 11.1 Å². The topological polar surface area (TPSA) is 101 Å². The highest BCUT2D eigenvalue weighted by atomic mass is 35.5. The Kier molecular flexibility index (Phi) is 7.51. The van der Waals surface area contributed by atoms with Gasteiger partial charge in [-0.15, -0.1) is 5.10 Å². The number of halogens is 1. The van der Waals surface area contributed by atoms with Gasteiger partial charge in [-0.25, -0.2) is 8.42 Å². The minimum atomic E-state index is -3.99. The van der Waals surface area contributed by atoms with E-state index < -0.39 is 26.2 Å². The van der Waals surface area contributed by atoms with Crippen LogP contribution in [0.2, 0.25) is 5.02 Å². The largest absolute Gasteiger partial charge is 0.497 e. The van der Waals surface area contributed by atoms with Crippen molar-refractivity contribution in [1.82, 2.24) is 10.2 Å². The average molecular weight is 553 g/mol. The normalized spacial score (nSPS) is 17.2. The first-order valence-corrected chi connectivity index (χ1v) is 13.7. The molecule has 1 saturated heterocycles. The Bertz CT molecular complexity index is 1480. The minimum absolute atomic E-state index is 0.0145. The standard InChI is InChI=1S/C28H25ClN2O6S/c1-34-23-11-5-18(6-12-23)25(19-7-13-24(35-2)14-8-19)15-21-16-36-17-26(21)38(32,33)28-31-30-27(37-28)20-3-9-22(29)10-4-20/h3-15,21,26H,16-17H2,1-2H3/t21-,26-/m1/s1. The van der Waals surface area contributed by atoms with Crippen molar-refractivity contribution in [2.24, 2.45) is 5.92 Å². The first-order valence-electron chi connectivity index (χ1n) is 11.8. The molecule has 1 aliphatic rings. The molecule has 1 aromatic heterocycles. The van der Waals surface area contributed by atoms with Gasteiger partial charge < -0.3 is 18.6 Å². The fourth-order valence-corrected chi connectivity index (χ4v) is 5.93. The SMILES string of the molecule is COc1ccc(C(=C[C@@H]2COC[C@H]2S(=O)(=O)c2nnc(-c3ccc(Cl)cc3)o2)c2ccc(OC)cc2)cc1. The molecule has 1 fully saturated rings. The zero-order valence-electron chi connectivity index (χ0n) is 20.7. The molecule has 0 radical (unpaired) electrons. The van der Waals surface area contributed by atoms with Gasteiger partial charge in [0.15, 0.2) is 0 Å². The summed E-state index contributed by atoms with van der Waals surface area (Å²) in [7, 11) is -0.775. The smallest absolute Gasteiger partial charge is 0.336 e. The second kappa shape index (κ2) is 11.0. The van der Waals surface area contributed by atoms with Crippen LogP contribution >= 0.6 is 11.6 Å². The summed E-state index contributed by atoms with van der Waals surface area (Å²) in [6.07, 6.45) is 1.94. The van der Waals surface area contributed by atoms with Gasteiger partial charge in [-0.3, -0.25) is 0 Å². The molecule has 196 valence electrons. The predicted octanol–water partition coefficient (Wildman–Crippen LogP) is 5.33. The van der Waals surface area contributed by atoms with E-state index in [1.807, 2.05) is 54.6 Å². The highest BCUT2D eigenvalue weighted by molar-refractivity contribution is 7.91. The molecule has 3 aromatic carbocycles. The van der Waals surface area contributed by atoms with E-state index >= 15 is 0 Å². The first-order chi connectivity index (χ1) is 18.4. The van der Waals surface area contributed by atoms with E-state index in [1.54, 1.807) is 38.5 Å². The van der Waals surface area contributed by atoms with Crippen molar-refractivity contribution in [3.63, 3.8) is 0 Å². The van der Waals surface area contributed by atoms with Gasteiger partial charge >= 0.3 is 5.22 Å². The van der Waals surface area contributed by atoms with Crippen LogP contribution in [0.15, 0.2) is 88.5 Å². The molecule has 0 aliphatic carbocycles. The number of nitrogens with zero attached hydrogens (tertiary/aromatic N) is 2. The third-order valence-corrected chi connectivity index (χ3v) is 8.58. The molecule has 0 bridgehead atoms.